The Morgan fingerprint density at radius 1 is 0.309 bits per heavy atom. The highest BCUT2D eigenvalue weighted by molar-refractivity contribution is 5.71. The Morgan fingerprint density at radius 3 is 0.912 bits per heavy atom. The van der Waals surface area contributed by atoms with E-state index in [2.05, 4.69) is 93.7 Å². The topological polar surface area (TPSA) is 78.9 Å². The number of carbonyl (C=O) groups is 3. The molecule has 0 aromatic rings. The van der Waals surface area contributed by atoms with Crippen LogP contribution in [0.25, 0.3) is 0 Å². The maximum Gasteiger partial charge on any atom is 0.306 e. The van der Waals surface area contributed by atoms with Crippen LogP contribution in [0.4, 0.5) is 0 Å². The van der Waals surface area contributed by atoms with Crippen LogP contribution in [0.2, 0.25) is 0 Å². The molecule has 0 spiro atoms. The quantitative estimate of drug-likeness (QED) is 0.0262. The van der Waals surface area contributed by atoms with Crippen LogP contribution in [0.5, 0.6) is 0 Å². The van der Waals surface area contributed by atoms with Crippen molar-refractivity contribution >= 4 is 17.9 Å². The molecule has 68 heavy (non-hydrogen) atoms. The fraction of sp³-hybridized carbons (Fsp3) is 0.758. The summed E-state index contributed by atoms with van der Waals surface area (Å²) in [4.78, 5) is 37.8. The van der Waals surface area contributed by atoms with Crippen molar-refractivity contribution in [3.8, 4) is 0 Å². The zero-order valence-electron chi connectivity index (χ0n) is 44.9. The second-order valence-electron chi connectivity index (χ2n) is 19.2. The molecule has 0 aliphatic rings. The van der Waals surface area contributed by atoms with Crippen LogP contribution < -0.4 is 0 Å². The second-order valence-corrected chi connectivity index (χ2v) is 19.2. The van der Waals surface area contributed by atoms with Gasteiger partial charge >= 0.3 is 17.9 Å². The SMILES string of the molecule is CC/C=C\C/C=C\C/C=C\CCCCCC(=O)OC(COC(=O)CCCCCCCC)COC(=O)CCCCCCCCCCCCCCCCCC/C=C\C/C=C\C/C=C\CCCCCCC. The average molecular weight is 950 g/mol. The van der Waals surface area contributed by atoms with Crippen LogP contribution in [0, 0.1) is 0 Å². The Labute approximate surface area is 421 Å². The van der Waals surface area contributed by atoms with Crippen LogP contribution in [0.3, 0.4) is 0 Å². The molecule has 0 fully saturated rings. The number of allylic oxidation sites excluding steroid dienone is 12. The van der Waals surface area contributed by atoms with Crippen LogP contribution in [-0.4, -0.2) is 37.2 Å². The largest absolute Gasteiger partial charge is 0.462 e. The molecule has 0 aliphatic heterocycles. The highest BCUT2D eigenvalue weighted by atomic mass is 16.6. The van der Waals surface area contributed by atoms with Crippen molar-refractivity contribution in [2.75, 3.05) is 13.2 Å². The summed E-state index contributed by atoms with van der Waals surface area (Å²) in [5, 5.41) is 0. The molecule has 392 valence electrons. The Morgan fingerprint density at radius 2 is 0.574 bits per heavy atom. The van der Waals surface area contributed by atoms with Crippen molar-refractivity contribution in [3.05, 3.63) is 72.9 Å². The van der Waals surface area contributed by atoms with Crippen molar-refractivity contribution < 1.29 is 28.6 Å². The molecule has 0 aromatic heterocycles. The first-order valence-corrected chi connectivity index (χ1v) is 28.9. The lowest BCUT2D eigenvalue weighted by atomic mass is 10.0. The van der Waals surface area contributed by atoms with E-state index in [-0.39, 0.29) is 31.1 Å². The number of hydrogen-bond acceptors (Lipinski definition) is 6. The van der Waals surface area contributed by atoms with Gasteiger partial charge in [-0.05, 0) is 89.9 Å². The minimum atomic E-state index is -0.785. The van der Waals surface area contributed by atoms with E-state index in [1.165, 1.54) is 148 Å². The molecule has 0 aromatic carbocycles. The van der Waals surface area contributed by atoms with Gasteiger partial charge in [0.25, 0.3) is 0 Å². The molecule has 0 N–H and O–H groups in total. The van der Waals surface area contributed by atoms with Gasteiger partial charge in [-0.25, -0.2) is 0 Å². The van der Waals surface area contributed by atoms with Crippen LogP contribution in [0.1, 0.15) is 284 Å². The first-order chi connectivity index (χ1) is 33.5. The van der Waals surface area contributed by atoms with Crippen LogP contribution in [0.15, 0.2) is 72.9 Å². The van der Waals surface area contributed by atoms with Crippen molar-refractivity contribution in [1.82, 2.24) is 0 Å². The van der Waals surface area contributed by atoms with Gasteiger partial charge in [-0.15, -0.1) is 0 Å². The average Bonchev–Trinajstić information content (AvgIpc) is 3.34. The van der Waals surface area contributed by atoms with Crippen molar-refractivity contribution in [3.63, 3.8) is 0 Å². The molecule has 1 atom stereocenters. The minimum Gasteiger partial charge on any atom is -0.462 e. The maximum absolute atomic E-state index is 12.7. The number of unbranched alkanes of at least 4 members (excludes halogenated alkanes) is 29. The van der Waals surface area contributed by atoms with E-state index in [4.69, 9.17) is 14.2 Å². The smallest absolute Gasteiger partial charge is 0.306 e. The van der Waals surface area contributed by atoms with Gasteiger partial charge in [-0.1, -0.05) is 248 Å². The molecule has 0 aliphatic carbocycles. The Hall–Kier alpha value is -3.15. The van der Waals surface area contributed by atoms with Gasteiger partial charge in [-0.3, -0.25) is 14.4 Å². The van der Waals surface area contributed by atoms with Crippen molar-refractivity contribution in [1.29, 1.82) is 0 Å². The number of hydrogen-bond donors (Lipinski definition) is 0. The summed E-state index contributed by atoms with van der Waals surface area (Å²) in [5.74, 6) is -0.921. The van der Waals surface area contributed by atoms with E-state index in [1.54, 1.807) is 0 Å². The Balaban J connectivity index is 4.00. The highest BCUT2D eigenvalue weighted by Gasteiger charge is 2.19. The standard InChI is InChI=1S/C62H108O6/c1-4-7-10-13-16-18-20-22-23-24-25-26-27-28-29-30-31-32-33-34-35-36-37-38-39-41-42-44-46-49-52-55-61(64)67-58-59(57-66-60(63)54-51-48-15-12-9-6-3)68-62(65)56-53-50-47-45-43-40-21-19-17-14-11-8-5-2/h8,11,17,19-20,22,24-25,27-28,40,43,59H,4-7,9-10,12-16,18,21,23,26,29-39,41-42,44-58H2,1-3H3/b11-8-,19-17-,22-20-,25-24-,28-27-,43-40-. The molecule has 0 amide bonds. The van der Waals surface area contributed by atoms with Gasteiger partial charge in [-0.2, -0.15) is 0 Å². The van der Waals surface area contributed by atoms with E-state index in [1.807, 2.05) is 0 Å². The Kier molecular flexibility index (Phi) is 53.8. The summed E-state index contributed by atoms with van der Waals surface area (Å²) < 4.78 is 16.7. The predicted molar refractivity (Wildman–Crippen MR) is 293 cm³/mol. The summed E-state index contributed by atoms with van der Waals surface area (Å²) in [5.41, 5.74) is 0. The number of rotatable bonds is 52. The van der Waals surface area contributed by atoms with E-state index in [9.17, 15) is 14.4 Å². The van der Waals surface area contributed by atoms with Crippen molar-refractivity contribution in [2.45, 2.75) is 290 Å². The molecule has 0 bridgehead atoms. The van der Waals surface area contributed by atoms with E-state index >= 15 is 0 Å². The zero-order valence-corrected chi connectivity index (χ0v) is 44.9. The fourth-order valence-corrected chi connectivity index (χ4v) is 8.11. The van der Waals surface area contributed by atoms with Gasteiger partial charge in [0.2, 0.25) is 0 Å². The summed E-state index contributed by atoms with van der Waals surface area (Å²) in [6.45, 7) is 6.44. The number of ether oxygens (including phenoxy) is 3. The lowest BCUT2D eigenvalue weighted by molar-refractivity contribution is -0.167. The molecule has 0 rings (SSSR count). The van der Waals surface area contributed by atoms with E-state index < -0.39 is 6.10 Å². The lowest BCUT2D eigenvalue weighted by Gasteiger charge is -2.18. The minimum absolute atomic E-state index is 0.0855. The van der Waals surface area contributed by atoms with E-state index in [0.717, 1.165) is 96.3 Å². The van der Waals surface area contributed by atoms with Gasteiger partial charge < -0.3 is 14.2 Å². The maximum atomic E-state index is 12.7. The molecular weight excluding hydrogens is 841 g/mol. The first-order valence-electron chi connectivity index (χ1n) is 28.9. The Bertz CT molecular complexity index is 1270. The van der Waals surface area contributed by atoms with Gasteiger partial charge in [0, 0.05) is 19.3 Å². The van der Waals surface area contributed by atoms with Crippen LogP contribution >= 0.6 is 0 Å². The lowest BCUT2D eigenvalue weighted by Crippen LogP contribution is -2.30. The molecule has 6 nitrogen and oxygen atoms in total. The monoisotopic (exact) mass is 949 g/mol. The van der Waals surface area contributed by atoms with Crippen molar-refractivity contribution in [2.24, 2.45) is 0 Å². The molecular formula is C62H108O6. The summed E-state index contributed by atoms with van der Waals surface area (Å²) >= 11 is 0. The molecule has 1 unspecified atom stereocenters. The molecule has 0 saturated heterocycles. The van der Waals surface area contributed by atoms with Gasteiger partial charge in [0.05, 0.1) is 0 Å². The fourth-order valence-electron chi connectivity index (χ4n) is 8.11. The first kappa shape index (κ1) is 64.8. The summed E-state index contributed by atoms with van der Waals surface area (Å²) in [6.07, 6.45) is 72.4. The molecule has 6 heteroatoms. The molecule has 0 radical (unpaired) electrons. The molecule has 0 saturated carbocycles. The van der Waals surface area contributed by atoms with E-state index in [0.29, 0.717) is 19.3 Å². The van der Waals surface area contributed by atoms with Gasteiger partial charge in [0.1, 0.15) is 13.2 Å². The summed E-state index contributed by atoms with van der Waals surface area (Å²) in [7, 11) is 0. The molecule has 0 heterocycles. The second kappa shape index (κ2) is 56.4. The third kappa shape index (κ3) is 53.8. The number of carbonyl (C=O) groups excluding carboxylic acids is 3. The third-order valence-corrected chi connectivity index (χ3v) is 12.4. The van der Waals surface area contributed by atoms with Gasteiger partial charge in [0.15, 0.2) is 6.10 Å². The summed E-state index contributed by atoms with van der Waals surface area (Å²) in [6, 6.07) is 0. The zero-order chi connectivity index (χ0) is 49.3. The van der Waals surface area contributed by atoms with Crippen LogP contribution in [-0.2, 0) is 28.6 Å². The number of esters is 3. The third-order valence-electron chi connectivity index (χ3n) is 12.4. The highest BCUT2D eigenvalue weighted by Crippen LogP contribution is 2.16. The predicted octanol–water partition coefficient (Wildman–Crippen LogP) is 19.4. The normalized spacial score (nSPS) is 12.6.